The summed E-state index contributed by atoms with van der Waals surface area (Å²) >= 11 is 1.47. The average Bonchev–Trinajstić information content (AvgIpc) is 2.67. The number of benzene rings is 2. The van der Waals surface area contributed by atoms with Gasteiger partial charge < -0.3 is 16.4 Å². The molecule has 29 heavy (non-hydrogen) atoms. The van der Waals surface area contributed by atoms with Gasteiger partial charge in [-0.05, 0) is 48.2 Å². The van der Waals surface area contributed by atoms with Crippen molar-refractivity contribution in [1.29, 1.82) is 0 Å². The number of thioether (sulfide) groups is 1. The van der Waals surface area contributed by atoms with Crippen molar-refractivity contribution in [2.45, 2.75) is 49.8 Å². The molecule has 0 saturated heterocycles. The Labute approximate surface area is 183 Å². The largest absolute Gasteiger partial charge is 0.353 e. The second-order valence-electron chi connectivity index (χ2n) is 7.14. The average molecular weight is 436 g/mol. The van der Waals surface area contributed by atoms with Gasteiger partial charge in [-0.25, -0.2) is 0 Å². The third-order valence-electron chi connectivity index (χ3n) is 4.38. The van der Waals surface area contributed by atoms with Crippen molar-refractivity contribution in [2.75, 3.05) is 11.9 Å². The van der Waals surface area contributed by atoms with Gasteiger partial charge in [0, 0.05) is 30.1 Å². The number of carbonyl (C=O) groups excluding carboxylic acids is 2. The van der Waals surface area contributed by atoms with Crippen LogP contribution in [-0.4, -0.2) is 23.6 Å². The number of rotatable bonds is 8. The Balaban J connectivity index is 0.00000420. The Morgan fingerprint density at radius 1 is 0.966 bits per heavy atom. The fourth-order valence-corrected chi connectivity index (χ4v) is 3.57. The van der Waals surface area contributed by atoms with Gasteiger partial charge in [-0.15, -0.1) is 24.2 Å². The number of halogens is 1. The molecule has 0 aliphatic heterocycles. The maximum Gasteiger partial charge on any atom is 0.233 e. The maximum absolute atomic E-state index is 12.4. The molecule has 0 aliphatic carbocycles. The highest BCUT2D eigenvalue weighted by molar-refractivity contribution is 8.00. The lowest BCUT2D eigenvalue weighted by Crippen LogP contribution is -2.36. The molecule has 4 N–H and O–H groups in total. The topological polar surface area (TPSA) is 84.2 Å². The highest BCUT2D eigenvalue weighted by Crippen LogP contribution is 2.25. The Morgan fingerprint density at radius 3 is 2.03 bits per heavy atom. The molecule has 0 fully saturated rings. The van der Waals surface area contributed by atoms with Crippen LogP contribution in [0.15, 0.2) is 53.4 Å². The zero-order valence-corrected chi connectivity index (χ0v) is 18.9. The van der Waals surface area contributed by atoms with E-state index in [2.05, 4.69) is 36.6 Å². The van der Waals surface area contributed by atoms with Gasteiger partial charge in [0.15, 0.2) is 0 Å². The standard InChI is InChI=1S/C22H29N3O2S.ClH/c1-14(2)17-5-7-18(8-6-17)21(23)13-24-22(27)15(3)28-20-11-9-19(10-12-20)25-16(4)26;/h5-12,14-15,21H,13,23H2,1-4H3,(H,24,27)(H,25,26);1H. The van der Waals surface area contributed by atoms with Gasteiger partial charge >= 0.3 is 0 Å². The lowest BCUT2D eigenvalue weighted by molar-refractivity contribution is -0.120. The predicted molar refractivity (Wildman–Crippen MR) is 124 cm³/mol. The molecule has 2 unspecified atom stereocenters. The van der Waals surface area contributed by atoms with Crippen molar-refractivity contribution in [2.24, 2.45) is 5.73 Å². The highest BCUT2D eigenvalue weighted by atomic mass is 35.5. The van der Waals surface area contributed by atoms with E-state index < -0.39 is 0 Å². The summed E-state index contributed by atoms with van der Waals surface area (Å²) in [5.41, 5.74) is 9.25. The van der Waals surface area contributed by atoms with Gasteiger partial charge in [0.2, 0.25) is 11.8 Å². The van der Waals surface area contributed by atoms with E-state index in [-0.39, 0.29) is 35.5 Å². The molecule has 158 valence electrons. The lowest BCUT2D eigenvalue weighted by Gasteiger charge is -2.17. The molecule has 5 nitrogen and oxygen atoms in total. The van der Waals surface area contributed by atoms with Crippen LogP contribution in [0.25, 0.3) is 0 Å². The zero-order chi connectivity index (χ0) is 20.7. The maximum atomic E-state index is 12.4. The number of carbonyl (C=O) groups is 2. The van der Waals surface area contributed by atoms with E-state index in [1.54, 1.807) is 0 Å². The van der Waals surface area contributed by atoms with Gasteiger partial charge in [-0.1, -0.05) is 38.1 Å². The fraction of sp³-hybridized carbons (Fsp3) is 0.364. The molecule has 0 bridgehead atoms. The van der Waals surface area contributed by atoms with Crippen LogP contribution < -0.4 is 16.4 Å². The van der Waals surface area contributed by atoms with Crippen molar-refractivity contribution in [3.63, 3.8) is 0 Å². The number of amides is 2. The predicted octanol–water partition coefficient (Wildman–Crippen LogP) is 4.49. The van der Waals surface area contributed by atoms with Crippen molar-refractivity contribution in [3.05, 3.63) is 59.7 Å². The summed E-state index contributed by atoms with van der Waals surface area (Å²) in [6.45, 7) is 8.04. The first kappa shape index (κ1) is 25.0. The number of nitrogens with two attached hydrogens (primary N) is 1. The van der Waals surface area contributed by atoms with Gasteiger partial charge in [-0.3, -0.25) is 9.59 Å². The minimum Gasteiger partial charge on any atom is -0.353 e. The van der Waals surface area contributed by atoms with Crippen molar-refractivity contribution in [3.8, 4) is 0 Å². The number of nitrogens with one attached hydrogen (secondary N) is 2. The van der Waals surface area contributed by atoms with Crippen LogP contribution in [0, 0.1) is 0 Å². The summed E-state index contributed by atoms with van der Waals surface area (Å²) in [5, 5.41) is 5.41. The molecule has 2 amide bonds. The molecular formula is C22H30ClN3O2S. The van der Waals surface area contributed by atoms with Crippen molar-refractivity contribution >= 4 is 41.7 Å². The minimum absolute atomic E-state index is 0. The highest BCUT2D eigenvalue weighted by Gasteiger charge is 2.16. The molecule has 2 rings (SSSR count). The van der Waals surface area contributed by atoms with E-state index in [1.165, 1.54) is 24.2 Å². The molecule has 0 aliphatic rings. The first-order valence-corrected chi connectivity index (χ1v) is 10.3. The molecule has 2 aromatic rings. The molecule has 0 heterocycles. The summed E-state index contributed by atoms with van der Waals surface area (Å²) in [6.07, 6.45) is 0. The number of anilines is 1. The van der Waals surface area contributed by atoms with E-state index in [0.29, 0.717) is 12.5 Å². The van der Waals surface area contributed by atoms with Crippen LogP contribution in [0.1, 0.15) is 50.8 Å². The third kappa shape index (κ3) is 8.09. The SMILES string of the molecule is CC(=O)Nc1ccc(SC(C)C(=O)NCC(N)c2ccc(C(C)C)cc2)cc1.Cl. The van der Waals surface area contributed by atoms with Gasteiger partial charge in [-0.2, -0.15) is 0 Å². The zero-order valence-electron chi connectivity index (χ0n) is 17.3. The molecule has 2 atom stereocenters. The fourth-order valence-electron chi connectivity index (χ4n) is 2.68. The van der Waals surface area contributed by atoms with Gasteiger partial charge in [0.25, 0.3) is 0 Å². The molecule has 0 aromatic heterocycles. The third-order valence-corrected chi connectivity index (χ3v) is 5.50. The van der Waals surface area contributed by atoms with Crippen LogP contribution in [0.2, 0.25) is 0 Å². The summed E-state index contributed by atoms with van der Waals surface area (Å²) in [6, 6.07) is 15.4. The summed E-state index contributed by atoms with van der Waals surface area (Å²) in [7, 11) is 0. The first-order chi connectivity index (χ1) is 13.3. The second-order valence-corrected chi connectivity index (χ2v) is 8.55. The number of hydrogen-bond donors (Lipinski definition) is 3. The van der Waals surface area contributed by atoms with E-state index in [9.17, 15) is 9.59 Å². The molecule has 2 aromatic carbocycles. The number of hydrogen-bond acceptors (Lipinski definition) is 4. The van der Waals surface area contributed by atoms with Gasteiger partial charge in [0.05, 0.1) is 5.25 Å². The smallest absolute Gasteiger partial charge is 0.233 e. The van der Waals surface area contributed by atoms with Gasteiger partial charge in [0.1, 0.15) is 0 Å². The molecule has 0 spiro atoms. The second kappa shape index (κ2) is 11.9. The van der Waals surface area contributed by atoms with Crippen LogP contribution in [0.3, 0.4) is 0 Å². The van der Waals surface area contributed by atoms with Crippen LogP contribution in [-0.2, 0) is 9.59 Å². The molecule has 7 heteroatoms. The van der Waals surface area contributed by atoms with Crippen molar-refractivity contribution < 1.29 is 9.59 Å². The Hall–Kier alpha value is -2.02. The van der Waals surface area contributed by atoms with E-state index >= 15 is 0 Å². The van der Waals surface area contributed by atoms with Crippen LogP contribution in [0.5, 0.6) is 0 Å². The van der Waals surface area contributed by atoms with Crippen molar-refractivity contribution in [1.82, 2.24) is 5.32 Å². The molecule has 0 saturated carbocycles. The molecular weight excluding hydrogens is 406 g/mol. The van der Waals surface area contributed by atoms with E-state index in [1.807, 2.05) is 43.3 Å². The Bertz CT molecular complexity index is 795. The summed E-state index contributed by atoms with van der Waals surface area (Å²) in [4.78, 5) is 24.4. The minimum atomic E-state index is -0.248. The summed E-state index contributed by atoms with van der Waals surface area (Å²) < 4.78 is 0. The Morgan fingerprint density at radius 2 is 1.52 bits per heavy atom. The van der Waals surface area contributed by atoms with E-state index in [4.69, 9.17) is 5.73 Å². The molecule has 0 radical (unpaired) electrons. The van der Waals surface area contributed by atoms with E-state index in [0.717, 1.165) is 16.1 Å². The lowest BCUT2D eigenvalue weighted by atomic mass is 9.99. The quantitative estimate of drug-likeness (QED) is 0.533. The van der Waals surface area contributed by atoms with Crippen LogP contribution in [0.4, 0.5) is 5.69 Å². The normalized spacial score (nSPS) is 12.6. The monoisotopic (exact) mass is 435 g/mol. The Kier molecular flexibility index (Phi) is 10.2. The van der Waals surface area contributed by atoms with Crippen LogP contribution >= 0.6 is 24.2 Å². The summed E-state index contributed by atoms with van der Waals surface area (Å²) in [5.74, 6) is 0.323. The first-order valence-electron chi connectivity index (χ1n) is 9.43.